The second-order valence-electron chi connectivity index (χ2n) is 3.82. The van der Waals surface area contributed by atoms with E-state index in [4.69, 9.17) is 5.73 Å². The van der Waals surface area contributed by atoms with E-state index < -0.39 is 0 Å². The number of nitrogens with one attached hydrogen (secondary N) is 1. The Hall–Kier alpha value is -1.88. The molecule has 0 atom stereocenters. The third kappa shape index (κ3) is 2.62. The van der Waals surface area contributed by atoms with Crippen molar-refractivity contribution in [3.8, 4) is 0 Å². The van der Waals surface area contributed by atoms with Gasteiger partial charge in [-0.15, -0.1) is 11.3 Å². The second-order valence-corrected chi connectivity index (χ2v) is 4.68. The Balaban J connectivity index is 2.17. The van der Waals surface area contributed by atoms with Crippen LogP contribution in [0.1, 0.15) is 21.6 Å². The Labute approximate surface area is 103 Å². The van der Waals surface area contributed by atoms with Crippen LogP contribution in [-0.4, -0.2) is 10.9 Å². The van der Waals surface area contributed by atoms with Gasteiger partial charge in [0.15, 0.2) is 5.13 Å². The molecule has 0 saturated heterocycles. The molecule has 1 heterocycles. The topological polar surface area (TPSA) is 68.0 Å². The molecule has 0 aliphatic rings. The largest absolute Gasteiger partial charge is 0.399 e. The van der Waals surface area contributed by atoms with Crippen LogP contribution in [-0.2, 0) is 0 Å². The Kier molecular flexibility index (Phi) is 3.10. The summed E-state index contributed by atoms with van der Waals surface area (Å²) in [6, 6.07) is 5.21. The predicted molar refractivity (Wildman–Crippen MR) is 70.4 cm³/mol. The first-order valence-corrected chi connectivity index (χ1v) is 6.04. The lowest BCUT2D eigenvalue weighted by Gasteiger charge is -2.04. The molecule has 0 saturated carbocycles. The van der Waals surface area contributed by atoms with E-state index in [2.05, 4.69) is 10.3 Å². The molecule has 2 aromatic rings. The van der Waals surface area contributed by atoms with Crippen LogP contribution in [0.15, 0.2) is 23.6 Å². The molecule has 0 spiro atoms. The number of thiazole rings is 1. The molecule has 0 aliphatic carbocycles. The molecule has 3 N–H and O–H groups in total. The monoisotopic (exact) mass is 247 g/mol. The fraction of sp³-hybridized carbons (Fsp3) is 0.167. The number of rotatable bonds is 2. The van der Waals surface area contributed by atoms with Gasteiger partial charge in [0.1, 0.15) is 0 Å². The first-order valence-electron chi connectivity index (χ1n) is 5.16. The second kappa shape index (κ2) is 4.55. The third-order valence-electron chi connectivity index (χ3n) is 2.37. The standard InChI is InChI=1S/C12H13N3OS/c1-7-5-9(3-4-10(7)13)11(16)15-12-14-8(2)6-17-12/h3-6H,13H2,1-2H3,(H,14,15,16). The van der Waals surface area contributed by atoms with Gasteiger partial charge in [0, 0.05) is 16.6 Å². The maximum absolute atomic E-state index is 11.9. The number of aromatic nitrogens is 1. The summed E-state index contributed by atoms with van der Waals surface area (Å²) in [5.41, 5.74) is 8.77. The molecular weight excluding hydrogens is 234 g/mol. The summed E-state index contributed by atoms with van der Waals surface area (Å²) in [7, 11) is 0. The summed E-state index contributed by atoms with van der Waals surface area (Å²) in [6.07, 6.45) is 0. The van der Waals surface area contributed by atoms with E-state index in [1.807, 2.05) is 19.2 Å². The first-order chi connectivity index (χ1) is 8.06. The van der Waals surface area contributed by atoms with Gasteiger partial charge in [-0.25, -0.2) is 4.98 Å². The van der Waals surface area contributed by atoms with Gasteiger partial charge in [0.05, 0.1) is 5.69 Å². The summed E-state index contributed by atoms with van der Waals surface area (Å²) >= 11 is 1.41. The lowest BCUT2D eigenvalue weighted by molar-refractivity contribution is 0.102. The van der Waals surface area contributed by atoms with Crippen molar-refractivity contribution in [1.82, 2.24) is 4.98 Å². The van der Waals surface area contributed by atoms with E-state index in [1.54, 1.807) is 18.2 Å². The minimum Gasteiger partial charge on any atom is -0.399 e. The molecule has 1 aromatic heterocycles. The van der Waals surface area contributed by atoms with Gasteiger partial charge in [0.25, 0.3) is 5.91 Å². The number of nitrogens with zero attached hydrogens (tertiary/aromatic N) is 1. The van der Waals surface area contributed by atoms with Gasteiger partial charge in [-0.1, -0.05) is 0 Å². The van der Waals surface area contributed by atoms with E-state index >= 15 is 0 Å². The van der Waals surface area contributed by atoms with Crippen molar-refractivity contribution in [2.75, 3.05) is 11.1 Å². The highest BCUT2D eigenvalue weighted by atomic mass is 32.1. The zero-order valence-corrected chi connectivity index (χ0v) is 10.5. The number of hydrogen-bond acceptors (Lipinski definition) is 4. The van der Waals surface area contributed by atoms with Crippen LogP contribution < -0.4 is 11.1 Å². The number of nitrogen functional groups attached to an aromatic ring is 1. The highest BCUT2D eigenvalue weighted by Crippen LogP contribution is 2.17. The van der Waals surface area contributed by atoms with Gasteiger partial charge < -0.3 is 5.73 Å². The average Bonchev–Trinajstić information content (AvgIpc) is 2.68. The van der Waals surface area contributed by atoms with Crippen molar-refractivity contribution in [2.45, 2.75) is 13.8 Å². The van der Waals surface area contributed by atoms with E-state index in [9.17, 15) is 4.79 Å². The number of aryl methyl sites for hydroxylation is 2. The minimum absolute atomic E-state index is 0.164. The van der Waals surface area contributed by atoms with Crippen molar-refractivity contribution in [1.29, 1.82) is 0 Å². The molecule has 0 radical (unpaired) electrons. The summed E-state index contributed by atoms with van der Waals surface area (Å²) in [4.78, 5) is 16.1. The predicted octanol–water partition coefficient (Wildman–Crippen LogP) is 2.59. The van der Waals surface area contributed by atoms with Crippen LogP contribution in [0.25, 0.3) is 0 Å². The number of anilines is 2. The van der Waals surface area contributed by atoms with Crippen LogP contribution in [0.3, 0.4) is 0 Å². The first kappa shape index (κ1) is 11.6. The van der Waals surface area contributed by atoms with Gasteiger partial charge in [-0.3, -0.25) is 10.1 Å². The molecule has 1 aromatic carbocycles. The molecule has 1 amide bonds. The fourth-order valence-electron chi connectivity index (χ4n) is 1.40. The molecule has 4 nitrogen and oxygen atoms in total. The van der Waals surface area contributed by atoms with Crippen LogP contribution in [0, 0.1) is 13.8 Å². The average molecular weight is 247 g/mol. The van der Waals surface area contributed by atoms with Crippen LogP contribution in [0.2, 0.25) is 0 Å². The minimum atomic E-state index is -0.164. The summed E-state index contributed by atoms with van der Waals surface area (Å²) in [6.45, 7) is 3.76. The maximum Gasteiger partial charge on any atom is 0.257 e. The van der Waals surface area contributed by atoms with Gasteiger partial charge in [-0.2, -0.15) is 0 Å². The summed E-state index contributed by atoms with van der Waals surface area (Å²) in [5, 5.41) is 5.26. The Morgan fingerprint density at radius 3 is 2.76 bits per heavy atom. The molecule has 88 valence electrons. The highest BCUT2D eigenvalue weighted by Gasteiger charge is 2.09. The quantitative estimate of drug-likeness (QED) is 0.801. The van der Waals surface area contributed by atoms with Crippen LogP contribution in [0.4, 0.5) is 10.8 Å². The smallest absolute Gasteiger partial charge is 0.257 e. The number of amides is 1. The molecular formula is C12H13N3OS. The van der Waals surface area contributed by atoms with E-state index in [1.165, 1.54) is 11.3 Å². The molecule has 17 heavy (non-hydrogen) atoms. The lowest BCUT2D eigenvalue weighted by atomic mass is 10.1. The summed E-state index contributed by atoms with van der Waals surface area (Å²) < 4.78 is 0. The zero-order chi connectivity index (χ0) is 12.4. The number of nitrogens with two attached hydrogens (primary N) is 1. The van der Waals surface area contributed by atoms with E-state index in [-0.39, 0.29) is 5.91 Å². The van der Waals surface area contributed by atoms with Crippen LogP contribution >= 0.6 is 11.3 Å². The van der Waals surface area contributed by atoms with Crippen molar-refractivity contribution >= 4 is 28.1 Å². The lowest BCUT2D eigenvalue weighted by Crippen LogP contribution is -2.12. The molecule has 0 bridgehead atoms. The third-order valence-corrected chi connectivity index (χ3v) is 3.25. The Bertz CT molecular complexity index is 563. The fourth-order valence-corrected chi connectivity index (χ4v) is 2.08. The SMILES string of the molecule is Cc1csc(NC(=O)c2ccc(N)c(C)c2)n1. The molecule has 2 rings (SSSR count). The van der Waals surface area contributed by atoms with Gasteiger partial charge >= 0.3 is 0 Å². The summed E-state index contributed by atoms with van der Waals surface area (Å²) in [5.74, 6) is -0.164. The van der Waals surface area contributed by atoms with Crippen LogP contribution in [0.5, 0.6) is 0 Å². The Morgan fingerprint density at radius 2 is 2.18 bits per heavy atom. The van der Waals surface area contributed by atoms with Crippen molar-refractivity contribution in [3.63, 3.8) is 0 Å². The molecule has 0 aliphatic heterocycles. The highest BCUT2D eigenvalue weighted by molar-refractivity contribution is 7.13. The number of carbonyl (C=O) groups is 1. The number of carbonyl (C=O) groups excluding carboxylic acids is 1. The van der Waals surface area contributed by atoms with E-state index in [0.717, 1.165) is 11.3 Å². The Morgan fingerprint density at radius 1 is 1.41 bits per heavy atom. The van der Waals surface area contributed by atoms with Crippen molar-refractivity contribution in [2.24, 2.45) is 0 Å². The van der Waals surface area contributed by atoms with Gasteiger partial charge in [0.2, 0.25) is 0 Å². The zero-order valence-electron chi connectivity index (χ0n) is 9.65. The molecule has 0 fully saturated rings. The van der Waals surface area contributed by atoms with Gasteiger partial charge in [-0.05, 0) is 37.6 Å². The molecule has 0 unspecified atom stereocenters. The number of benzene rings is 1. The molecule has 5 heteroatoms. The van der Waals surface area contributed by atoms with E-state index in [0.29, 0.717) is 16.4 Å². The van der Waals surface area contributed by atoms with Crippen molar-refractivity contribution < 1.29 is 4.79 Å². The maximum atomic E-state index is 11.9. The number of hydrogen-bond donors (Lipinski definition) is 2. The van der Waals surface area contributed by atoms with Crippen molar-refractivity contribution in [3.05, 3.63) is 40.4 Å². The normalized spacial score (nSPS) is 10.2.